The van der Waals surface area contributed by atoms with E-state index in [1.165, 1.54) is 16.7 Å². The van der Waals surface area contributed by atoms with E-state index in [4.69, 9.17) is 5.73 Å². The maximum absolute atomic E-state index is 5.90. The highest BCUT2D eigenvalue weighted by atomic mass is 14.5. The van der Waals surface area contributed by atoms with E-state index < -0.39 is 0 Å². The molecule has 0 fully saturated rings. The number of benzene rings is 1. The first-order valence-corrected chi connectivity index (χ1v) is 5.33. The van der Waals surface area contributed by atoms with Crippen LogP contribution in [0.25, 0.3) is 0 Å². The summed E-state index contributed by atoms with van der Waals surface area (Å²) in [5, 5.41) is 0. The van der Waals surface area contributed by atoms with E-state index in [1.807, 2.05) is 0 Å². The number of hydrogen-bond acceptors (Lipinski definition) is 1. The molecule has 78 valence electrons. The minimum atomic E-state index is 0.552. The van der Waals surface area contributed by atoms with Crippen LogP contribution in [0.5, 0.6) is 0 Å². The van der Waals surface area contributed by atoms with Crippen LogP contribution in [-0.2, 0) is 0 Å². The molecule has 0 amide bonds. The van der Waals surface area contributed by atoms with Crippen LogP contribution >= 0.6 is 0 Å². The van der Waals surface area contributed by atoms with Crippen molar-refractivity contribution < 1.29 is 0 Å². The van der Waals surface area contributed by atoms with E-state index in [0.29, 0.717) is 11.8 Å². The molecule has 0 atom stereocenters. The summed E-state index contributed by atoms with van der Waals surface area (Å²) in [4.78, 5) is 0. The molecular weight excluding hydrogens is 170 g/mol. The van der Waals surface area contributed by atoms with Crippen LogP contribution < -0.4 is 5.73 Å². The van der Waals surface area contributed by atoms with Crippen LogP contribution in [0.3, 0.4) is 0 Å². The lowest BCUT2D eigenvalue weighted by molar-refractivity contribution is 0.818. The number of anilines is 1. The van der Waals surface area contributed by atoms with Crippen LogP contribution in [0.4, 0.5) is 5.69 Å². The first-order valence-electron chi connectivity index (χ1n) is 5.33. The Morgan fingerprint density at radius 3 is 1.57 bits per heavy atom. The monoisotopic (exact) mass is 191 g/mol. The van der Waals surface area contributed by atoms with Crippen molar-refractivity contribution in [2.24, 2.45) is 0 Å². The van der Waals surface area contributed by atoms with E-state index in [2.05, 4.69) is 46.8 Å². The average Bonchev–Trinajstić information content (AvgIpc) is 2.07. The van der Waals surface area contributed by atoms with Crippen molar-refractivity contribution in [2.45, 2.75) is 46.5 Å². The van der Waals surface area contributed by atoms with Gasteiger partial charge >= 0.3 is 0 Å². The number of hydrogen-bond donors (Lipinski definition) is 1. The van der Waals surface area contributed by atoms with Gasteiger partial charge in [-0.1, -0.05) is 27.7 Å². The van der Waals surface area contributed by atoms with Crippen molar-refractivity contribution >= 4 is 5.69 Å². The van der Waals surface area contributed by atoms with Crippen LogP contribution in [0.1, 0.15) is 56.2 Å². The van der Waals surface area contributed by atoms with Gasteiger partial charge in [0.25, 0.3) is 0 Å². The molecule has 1 aromatic carbocycles. The molecule has 0 aliphatic heterocycles. The molecule has 0 unspecified atom stereocenters. The van der Waals surface area contributed by atoms with Crippen LogP contribution in [0.2, 0.25) is 0 Å². The summed E-state index contributed by atoms with van der Waals surface area (Å²) < 4.78 is 0. The molecule has 0 aliphatic carbocycles. The van der Waals surface area contributed by atoms with Gasteiger partial charge in [0.05, 0.1) is 0 Å². The lowest BCUT2D eigenvalue weighted by atomic mass is 9.89. The molecule has 0 saturated carbocycles. The fourth-order valence-electron chi connectivity index (χ4n) is 1.98. The van der Waals surface area contributed by atoms with Gasteiger partial charge in [0.15, 0.2) is 0 Å². The van der Waals surface area contributed by atoms with Gasteiger partial charge in [-0.05, 0) is 47.6 Å². The number of nitrogens with two attached hydrogens (primary N) is 1. The summed E-state index contributed by atoms with van der Waals surface area (Å²) in [5.41, 5.74) is 11.0. The summed E-state index contributed by atoms with van der Waals surface area (Å²) >= 11 is 0. The zero-order valence-corrected chi connectivity index (χ0v) is 9.89. The third-order valence-corrected chi connectivity index (χ3v) is 2.75. The Morgan fingerprint density at radius 2 is 1.29 bits per heavy atom. The Kier molecular flexibility index (Phi) is 3.20. The Hall–Kier alpha value is -0.980. The summed E-state index contributed by atoms with van der Waals surface area (Å²) in [7, 11) is 0. The summed E-state index contributed by atoms with van der Waals surface area (Å²) in [6.07, 6.45) is 0. The van der Waals surface area contributed by atoms with Gasteiger partial charge in [0.2, 0.25) is 0 Å². The second-order valence-corrected chi connectivity index (χ2v) is 4.63. The molecule has 0 aromatic heterocycles. The Balaban J connectivity index is 3.32. The molecule has 0 saturated heterocycles. The normalized spacial score (nSPS) is 11.4. The number of rotatable bonds is 2. The third kappa shape index (κ3) is 2.09. The first-order chi connectivity index (χ1) is 6.43. The van der Waals surface area contributed by atoms with Gasteiger partial charge < -0.3 is 5.73 Å². The largest absolute Gasteiger partial charge is 0.399 e. The van der Waals surface area contributed by atoms with E-state index in [9.17, 15) is 0 Å². The fraction of sp³-hybridized carbons (Fsp3) is 0.538. The molecule has 0 aliphatic rings. The molecule has 0 radical (unpaired) electrons. The Bertz CT molecular complexity index is 295. The summed E-state index contributed by atoms with van der Waals surface area (Å²) in [6.45, 7) is 11.1. The third-order valence-electron chi connectivity index (χ3n) is 2.75. The maximum Gasteiger partial charge on any atom is 0.0319 e. The van der Waals surface area contributed by atoms with E-state index in [0.717, 1.165) is 5.69 Å². The van der Waals surface area contributed by atoms with Crippen LogP contribution in [-0.4, -0.2) is 0 Å². The van der Waals surface area contributed by atoms with Crippen molar-refractivity contribution in [1.29, 1.82) is 0 Å². The highest BCUT2D eigenvalue weighted by Gasteiger charge is 2.11. The quantitative estimate of drug-likeness (QED) is 0.706. The molecule has 0 bridgehead atoms. The zero-order valence-electron chi connectivity index (χ0n) is 9.89. The molecule has 1 nitrogen and oxygen atoms in total. The highest BCUT2D eigenvalue weighted by Crippen LogP contribution is 2.29. The minimum Gasteiger partial charge on any atom is -0.399 e. The van der Waals surface area contributed by atoms with Gasteiger partial charge in [-0.25, -0.2) is 0 Å². The van der Waals surface area contributed by atoms with Crippen molar-refractivity contribution in [3.8, 4) is 0 Å². The highest BCUT2D eigenvalue weighted by molar-refractivity contribution is 5.51. The predicted octanol–water partition coefficient (Wildman–Crippen LogP) is 3.82. The molecule has 0 heterocycles. The van der Waals surface area contributed by atoms with E-state index in [1.54, 1.807) is 0 Å². The average molecular weight is 191 g/mol. The topological polar surface area (TPSA) is 26.0 Å². The predicted molar refractivity (Wildman–Crippen MR) is 63.8 cm³/mol. The standard InChI is InChI=1S/C13H21N/c1-8(2)12-6-11(14)7-13(9(3)4)10(12)5/h6-9H,14H2,1-5H3. The second kappa shape index (κ2) is 4.04. The van der Waals surface area contributed by atoms with Gasteiger partial charge in [0.1, 0.15) is 0 Å². The molecular formula is C13H21N. The van der Waals surface area contributed by atoms with Gasteiger partial charge in [-0.2, -0.15) is 0 Å². The first kappa shape index (κ1) is 11.1. The second-order valence-electron chi connectivity index (χ2n) is 4.63. The fourth-order valence-corrected chi connectivity index (χ4v) is 1.98. The lowest BCUT2D eigenvalue weighted by Gasteiger charge is -2.17. The van der Waals surface area contributed by atoms with Crippen LogP contribution in [0, 0.1) is 6.92 Å². The molecule has 1 aromatic rings. The van der Waals surface area contributed by atoms with Crippen molar-refractivity contribution in [3.63, 3.8) is 0 Å². The Morgan fingerprint density at radius 1 is 0.929 bits per heavy atom. The van der Waals surface area contributed by atoms with Crippen molar-refractivity contribution in [3.05, 3.63) is 28.8 Å². The van der Waals surface area contributed by atoms with E-state index in [-0.39, 0.29) is 0 Å². The summed E-state index contributed by atoms with van der Waals surface area (Å²) in [6, 6.07) is 4.21. The zero-order chi connectivity index (χ0) is 10.9. The molecule has 0 spiro atoms. The SMILES string of the molecule is Cc1c(C(C)C)cc(N)cc1C(C)C. The van der Waals surface area contributed by atoms with Gasteiger partial charge in [0, 0.05) is 5.69 Å². The molecule has 2 N–H and O–H groups in total. The lowest BCUT2D eigenvalue weighted by Crippen LogP contribution is -2.01. The van der Waals surface area contributed by atoms with Gasteiger partial charge in [-0.3, -0.25) is 0 Å². The number of nitrogen functional groups attached to an aromatic ring is 1. The van der Waals surface area contributed by atoms with Crippen LogP contribution in [0.15, 0.2) is 12.1 Å². The van der Waals surface area contributed by atoms with E-state index >= 15 is 0 Å². The summed E-state index contributed by atoms with van der Waals surface area (Å²) in [5.74, 6) is 1.10. The smallest absolute Gasteiger partial charge is 0.0319 e. The molecule has 1 heteroatoms. The van der Waals surface area contributed by atoms with Crippen molar-refractivity contribution in [1.82, 2.24) is 0 Å². The molecule has 14 heavy (non-hydrogen) atoms. The minimum absolute atomic E-state index is 0.552. The Labute approximate surface area is 87.3 Å². The van der Waals surface area contributed by atoms with Gasteiger partial charge in [-0.15, -0.1) is 0 Å². The van der Waals surface area contributed by atoms with Crippen molar-refractivity contribution in [2.75, 3.05) is 5.73 Å². The molecule has 1 rings (SSSR count). The maximum atomic E-state index is 5.90.